The van der Waals surface area contributed by atoms with Crippen LogP contribution in [0.3, 0.4) is 0 Å². The Morgan fingerprint density at radius 2 is 1.89 bits per heavy atom. The SMILES string of the molecule is COc1ccc(CCNc2cc(Br)ccc2Cl)cc1. The molecule has 0 aliphatic heterocycles. The van der Waals surface area contributed by atoms with Gasteiger partial charge in [-0.05, 0) is 42.3 Å². The quantitative estimate of drug-likeness (QED) is 0.847. The van der Waals surface area contributed by atoms with Gasteiger partial charge in [0.15, 0.2) is 0 Å². The summed E-state index contributed by atoms with van der Waals surface area (Å²) in [5.41, 5.74) is 2.21. The lowest BCUT2D eigenvalue weighted by atomic mass is 10.1. The second-order valence-corrected chi connectivity index (χ2v) is 5.47. The summed E-state index contributed by atoms with van der Waals surface area (Å²) in [5.74, 6) is 0.881. The summed E-state index contributed by atoms with van der Waals surface area (Å²) in [4.78, 5) is 0. The highest BCUT2D eigenvalue weighted by atomic mass is 79.9. The second kappa shape index (κ2) is 6.83. The highest BCUT2D eigenvalue weighted by Gasteiger charge is 2.00. The summed E-state index contributed by atoms with van der Waals surface area (Å²) in [6.07, 6.45) is 0.937. The predicted molar refractivity (Wildman–Crippen MR) is 84.3 cm³/mol. The van der Waals surface area contributed by atoms with E-state index < -0.39 is 0 Å². The minimum atomic E-state index is 0.734. The third-order valence-electron chi connectivity index (χ3n) is 2.82. The fraction of sp³-hybridized carbons (Fsp3) is 0.200. The largest absolute Gasteiger partial charge is 0.497 e. The molecule has 0 radical (unpaired) electrons. The van der Waals surface area contributed by atoms with Crippen molar-refractivity contribution in [1.82, 2.24) is 0 Å². The lowest BCUT2D eigenvalue weighted by molar-refractivity contribution is 0.414. The fourth-order valence-corrected chi connectivity index (χ4v) is 2.31. The number of halogens is 2. The van der Waals surface area contributed by atoms with Gasteiger partial charge in [0.05, 0.1) is 17.8 Å². The van der Waals surface area contributed by atoms with Crippen molar-refractivity contribution < 1.29 is 4.74 Å². The zero-order valence-electron chi connectivity index (χ0n) is 10.6. The van der Waals surface area contributed by atoms with E-state index in [-0.39, 0.29) is 0 Å². The van der Waals surface area contributed by atoms with Gasteiger partial charge in [0.1, 0.15) is 5.75 Å². The number of methoxy groups -OCH3 is 1. The summed E-state index contributed by atoms with van der Waals surface area (Å²) in [6, 6.07) is 13.9. The summed E-state index contributed by atoms with van der Waals surface area (Å²) in [5, 5.41) is 4.07. The van der Waals surface area contributed by atoms with E-state index in [9.17, 15) is 0 Å². The number of rotatable bonds is 5. The molecule has 2 aromatic rings. The summed E-state index contributed by atoms with van der Waals surface area (Å²) >= 11 is 9.55. The average molecular weight is 341 g/mol. The van der Waals surface area contributed by atoms with Crippen LogP contribution in [0.1, 0.15) is 5.56 Å². The van der Waals surface area contributed by atoms with Gasteiger partial charge < -0.3 is 10.1 Å². The molecule has 0 aliphatic rings. The van der Waals surface area contributed by atoms with Crippen molar-refractivity contribution in [3.63, 3.8) is 0 Å². The molecule has 1 N–H and O–H groups in total. The molecule has 0 atom stereocenters. The Morgan fingerprint density at radius 1 is 1.16 bits per heavy atom. The van der Waals surface area contributed by atoms with Gasteiger partial charge in [0.2, 0.25) is 0 Å². The zero-order valence-corrected chi connectivity index (χ0v) is 13.0. The second-order valence-electron chi connectivity index (χ2n) is 4.15. The third kappa shape index (κ3) is 4.15. The molecule has 0 saturated carbocycles. The van der Waals surface area contributed by atoms with Crippen molar-refractivity contribution in [3.05, 3.63) is 57.5 Å². The van der Waals surface area contributed by atoms with E-state index >= 15 is 0 Å². The Bertz CT molecular complexity index is 542. The molecule has 0 fully saturated rings. The van der Waals surface area contributed by atoms with Crippen LogP contribution >= 0.6 is 27.5 Å². The van der Waals surface area contributed by atoms with Crippen LogP contribution in [0, 0.1) is 0 Å². The Balaban J connectivity index is 1.90. The van der Waals surface area contributed by atoms with E-state index in [1.165, 1.54) is 5.56 Å². The molecule has 0 unspecified atom stereocenters. The van der Waals surface area contributed by atoms with Crippen molar-refractivity contribution in [2.24, 2.45) is 0 Å². The maximum absolute atomic E-state index is 6.12. The molecule has 0 heterocycles. The van der Waals surface area contributed by atoms with Crippen LogP contribution < -0.4 is 10.1 Å². The number of ether oxygens (including phenoxy) is 1. The molecular weight excluding hydrogens is 326 g/mol. The van der Waals surface area contributed by atoms with Crippen molar-refractivity contribution >= 4 is 33.2 Å². The smallest absolute Gasteiger partial charge is 0.118 e. The van der Waals surface area contributed by atoms with Crippen LogP contribution in [0.5, 0.6) is 5.75 Å². The topological polar surface area (TPSA) is 21.3 Å². The molecule has 0 aliphatic carbocycles. The predicted octanol–water partition coefficient (Wildman–Crippen LogP) is 4.77. The van der Waals surface area contributed by atoms with Crippen LogP contribution in [0.4, 0.5) is 5.69 Å². The van der Waals surface area contributed by atoms with Crippen molar-refractivity contribution in [2.75, 3.05) is 19.0 Å². The van der Waals surface area contributed by atoms with Crippen molar-refractivity contribution in [1.29, 1.82) is 0 Å². The lowest BCUT2D eigenvalue weighted by Crippen LogP contribution is -2.05. The Labute approximate surface area is 126 Å². The van der Waals surface area contributed by atoms with Gasteiger partial charge in [-0.1, -0.05) is 39.7 Å². The van der Waals surface area contributed by atoms with Gasteiger partial charge in [0, 0.05) is 11.0 Å². The van der Waals surface area contributed by atoms with Crippen LogP contribution in [0.25, 0.3) is 0 Å². The minimum Gasteiger partial charge on any atom is -0.497 e. The molecule has 0 bridgehead atoms. The number of nitrogens with one attached hydrogen (secondary N) is 1. The molecule has 4 heteroatoms. The Hall–Kier alpha value is -1.19. The number of anilines is 1. The van der Waals surface area contributed by atoms with E-state index in [4.69, 9.17) is 16.3 Å². The first-order valence-corrected chi connectivity index (χ1v) is 7.18. The summed E-state index contributed by atoms with van der Waals surface area (Å²) in [7, 11) is 1.67. The highest BCUT2D eigenvalue weighted by Crippen LogP contribution is 2.25. The fourth-order valence-electron chi connectivity index (χ4n) is 1.77. The first-order chi connectivity index (χ1) is 9.19. The van der Waals surface area contributed by atoms with Crippen molar-refractivity contribution in [3.8, 4) is 5.75 Å². The van der Waals surface area contributed by atoms with E-state index in [1.807, 2.05) is 30.3 Å². The number of benzene rings is 2. The molecule has 100 valence electrons. The highest BCUT2D eigenvalue weighted by molar-refractivity contribution is 9.10. The third-order valence-corrected chi connectivity index (χ3v) is 3.64. The molecule has 2 aromatic carbocycles. The lowest BCUT2D eigenvalue weighted by Gasteiger charge is -2.09. The summed E-state index contributed by atoms with van der Waals surface area (Å²) < 4.78 is 6.15. The van der Waals surface area contributed by atoms with Crippen LogP contribution in [0.15, 0.2) is 46.9 Å². The normalized spacial score (nSPS) is 10.3. The Morgan fingerprint density at radius 3 is 2.58 bits per heavy atom. The van der Waals surface area contributed by atoms with Crippen molar-refractivity contribution in [2.45, 2.75) is 6.42 Å². The van der Waals surface area contributed by atoms with Gasteiger partial charge in [-0.2, -0.15) is 0 Å². The van der Waals surface area contributed by atoms with E-state index in [1.54, 1.807) is 7.11 Å². The Kier molecular flexibility index (Phi) is 5.11. The van der Waals surface area contributed by atoms with Gasteiger partial charge in [-0.3, -0.25) is 0 Å². The van der Waals surface area contributed by atoms with E-state index in [0.717, 1.165) is 33.9 Å². The molecular formula is C15H15BrClNO. The van der Waals surface area contributed by atoms with Crippen LogP contribution in [-0.4, -0.2) is 13.7 Å². The number of hydrogen-bond acceptors (Lipinski definition) is 2. The number of hydrogen-bond donors (Lipinski definition) is 1. The standard InChI is InChI=1S/C15H15BrClNO/c1-19-13-5-2-11(3-6-13)8-9-18-15-10-12(16)4-7-14(15)17/h2-7,10,18H,8-9H2,1H3. The molecule has 0 amide bonds. The minimum absolute atomic E-state index is 0.734. The molecule has 0 spiro atoms. The first kappa shape index (κ1) is 14.2. The van der Waals surface area contributed by atoms with Gasteiger partial charge in [-0.15, -0.1) is 0 Å². The summed E-state index contributed by atoms with van der Waals surface area (Å²) in [6.45, 7) is 0.836. The molecule has 2 rings (SSSR count). The molecule has 2 nitrogen and oxygen atoms in total. The monoisotopic (exact) mass is 339 g/mol. The maximum atomic E-state index is 6.12. The van der Waals surface area contributed by atoms with Gasteiger partial charge >= 0.3 is 0 Å². The van der Waals surface area contributed by atoms with Crippen LogP contribution in [-0.2, 0) is 6.42 Å². The zero-order chi connectivity index (χ0) is 13.7. The van der Waals surface area contributed by atoms with E-state index in [2.05, 4.69) is 33.4 Å². The van der Waals surface area contributed by atoms with Gasteiger partial charge in [-0.25, -0.2) is 0 Å². The maximum Gasteiger partial charge on any atom is 0.118 e. The molecule has 19 heavy (non-hydrogen) atoms. The average Bonchev–Trinajstić information content (AvgIpc) is 2.43. The molecule has 0 saturated heterocycles. The van der Waals surface area contributed by atoms with E-state index in [0.29, 0.717) is 0 Å². The first-order valence-electron chi connectivity index (χ1n) is 6.01. The molecule has 0 aromatic heterocycles. The van der Waals surface area contributed by atoms with Gasteiger partial charge in [0.25, 0.3) is 0 Å². The van der Waals surface area contributed by atoms with Crippen LogP contribution in [0.2, 0.25) is 5.02 Å².